The van der Waals surface area contributed by atoms with E-state index in [4.69, 9.17) is 19.9 Å². The van der Waals surface area contributed by atoms with Crippen LogP contribution in [0.5, 0.6) is 17.2 Å². The molecule has 4 nitrogen and oxygen atoms in total. The van der Waals surface area contributed by atoms with Gasteiger partial charge in [-0.05, 0) is 85.9 Å². The highest BCUT2D eigenvalue weighted by Crippen LogP contribution is 2.29. The van der Waals surface area contributed by atoms with Gasteiger partial charge in [-0.3, -0.25) is 0 Å². The van der Waals surface area contributed by atoms with Gasteiger partial charge in [0.25, 0.3) is 0 Å². The van der Waals surface area contributed by atoms with Crippen molar-refractivity contribution in [3.05, 3.63) is 118 Å². The monoisotopic (exact) mass is 578 g/mol. The molecule has 4 aromatic carbocycles. The third-order valence-corrected chi connectivity index (χ3v) is 5.19. The normalized spacial score (nSPS) is 9.64. The van der Waals surface area contributed by atoms with Crippen molar-refractivity contribution in [1.82, 2.24) is 0 Å². The van der Waals surface area contributed by atoms with Crippen LogP contribution in [0.3, 0.4) is 0 Å². The van der Waals surface area contributed by atoms with E-state index in [0.29, 0.717) is 11.5 Å². The summed E-state index contributed by atoms with van der Waals surface area (Å²) in [5, 5.41) is 25.9. The Morgan fingerprint density at radius 3 is 1.73 bits per heavy atom. The standard InChI is InChI=1S/C12H8BrFO.C6H6BFO2.C6H5BrO/c13-11-6-1-2-7-12(11)15-10-5-3-4-9(14)8-10;8-6-3-1-2-5(4-6)7(9)10;7-5-3-1-2-4-6(5)8/h1-8H;1-4,9-10H;1-4,8H. The molecular weight excluding hydrogens is 561 g/mol. The number of halogens is 4. The molecule has 4 rings (SSSR count). The van der Waals surface area contributed by atoms with Gasteiger partial charge < -0.3 is 19.9 Å². The zero-order valence-electron chi connectivity index (χ0n) is 17.1. The van der Waals surface area contributed by atoms with E-state index in [1.807, 2.05) is 30.3 Å². The molecule has 0 atom stereocenters. The van der Waals surface area contributed by atoms with E-state index >= 15 is 0 Å². The number of hydrogen-bond acceptors (Lipinski definition) is 4. The summed E-state index contributed by atoms with van der Waals surface area (Å²) >= 11 is 6.50. The maximum Gasteiger partial charge on any atom is 0.488 e. The highest BCUT2D eigenvalue weighted by molar-refractivity contribution is 9.10. The van der Waals surface area contributed by atoms with Gasteiger partial charge in [0.05, 0.1) is 8.95 Å². The average molecular weight is 580 g/mol. The summed E-state index contributed by atoms with van der Waals surface area (Å²) in [5.74, 6) is 0.669. The van der Waals surface area contributed by atoms with Crippen LogP contribution in [0.25, 0.3) is 0 Å². The lowest BCUT2D eigenvalue weighted by molar-refractivity contribution is 0.425. The summed E-state index contributed by atoms with van der Waals surface area (Å²) in [4.78, 5) is 0. The maximum absolute atomic E-state index is 12.9. The second-order valence-electron chi connectivity index (χ2n) is 6.37. The minimum Gasteiger partial charge on any atom is -0.507 e. The van der Waals surface area contributed by atoms with Crippen LogP contribution in [0.2, 0.25) is 0 Å². The Bertz CT molecular complexity index is 1140. The van der Waals surface area contributed by atoms with Crippen LogP contribution in [-0.4, -0.2) is 22.3 Å². The van der Waals surface area contributed by atoms with Crippen molar-refractivity contribution in [2.75, 3.05) is 0 Å². The van der Waals surface area contributed by atoms with Gasteiger partial charge >= 0.3 is 7.12 Å². The summed E-state index contributed by atoms with van der Waals surface area (Å²) < 4.78 is 32.3. The number of rotatable bonds is 3. The zero-order chi connectivity index (χ0) is 24.2. The first-order valence-corrected chi connectivity index (χ1v) is 11.1. The first-order chi connectivity index (χ1) is 15.8. The molecule has 0 radical (unpaired) electrons. The summed E-state index contributed by atoms with van der Waals surface area (Å²) in [7, 11) is -1.59. The van der Waals surface area contributed by atoms with Gasteiger partial charge in [0.15, 0.2) is 0 Å². The molecule has 0 spiro atoms. The first kappa shape index (κ1) is 26.5. The second-order valence-corrected chi connectivity index (χ2v) is 8.08. The van der Waals surface area contributed by atoms with Crippen molar-refractivity contribution in [2.45, 2.75) is 0 Å². The van der Waals surface area contributed by atoms with Crippen molar-refractivity contribution in [3.8, 4) is 17.2 Å². The van der Waals surface area contributed by atoms with Crippen LogP contribution in [0.1, 0.15) is 0 Å². The van der Waals surface area contributed by atoms with Gasteiger partial charge in [0, 0.05) is 6.07 Å². The first-order valence-electron chi connectivity index (χ1n) is 9.49. The molecule has 4 aromatic rings. The topological polar surface area (TPSA) is 69.9 Å². The van der Waals surface area contributed by atoms with Crippen LogP contribution >= 0.6 is 31.9 Å². The molecule has 0 aliphatic heterocycles. The van der Waals surface area contributed by atoms with E-state index < -0.39 is 12.9 Å². The van der Waals surface area contributed by atoms with Crippen LogP contribution < -0.4 is 10.2 Å². The van der Waals surface area contributed by atoms with Gasteiger partial charge in [0.2, 0.25) is 0 Å². The van der Waals surface area contributed by atoms with Gasteiger partial charge in [-0.25, -0.2) is 8.78 Å². The zero-order valence-corrected chi connectivity index (χ0v) is 20.2. The molecule has 0 saturated carbocycles. The molecule has 0 aliphatic carbocycles. The molecule has 0 bridgehead atoms. The van der Waals surface area contributed by atoms with Gasteiger partial charge in [-0.1, -0.05) is 42.5 Å². The Balaban J connectivity index is 0.000000186. The summed E-state index contributed by atoms with van der Waals surface area (Å²) in [6.45, 7) is 0. The number of phenolic OH excluding ortho intramolecular Hbond substituents is 1. The van der Waals surface area contributed by atoms with Crippen molar-refractivity contribution >= 4 is 44.4 Å². The number of ether oxygens (including phenoxy) is 1. The van der Waals surface area contributed by atoms with Crippen molar-refractivity contribution in [2.24, 2.45) is 0 Å². The summed E-state index contributed by atoms with van der Waals surface area (Å²) in [5.41, 5.74) is 0.167. The van der Waals surface area contributed by atoms with E-state index in [0.717, 1.165) is 15.0 Å². The van der Waals surface area contributed by atoms with Gasteiger partial charge in [-0.2, -0.15) is 0 Å². The molecule has 33 heavy (non-hydrogen) atoms. The Labute approximate surface area is 207 Å². The smallest absolute Gasteiger partial charge is 0.488 e. The van der Waals surface area contributed by atoms with Crippen LogP contribution in [0.15, 0.2) is 106 Å². The van der Waals surface area contributed by atoms with E-state index in [1.165, 1.54) is 30.3 Å². The largest absolute Gasteiger partial charge is 0.507 e. The quantitative estimate of drug-likeness (QED) is 0.259. The lowest BCUT2D eigenvalue weighted by atomic mass is 9.80. The maximum atomic E-state index is 12.9. The Morgan fingerprint density at radius 2 is 1.24 bits per heavy atom. The predicted octanol–water partition coefficient (Wildman–Crippen LogP) is 6.04. The highest BCUT2D eigenvalue weighted by Gasteiger charge is 2.09. The Kier molecular flexibility index (Phi) is 11.1. The van der Waals surface area contributed by atoms with E-state index in [-0.39, 0.29) is 17.0 Å². The van der Waals surface area contributed by atoms with E-state index in [1.54, 1.807) is 30.3 Å². The highest BCUT2D eigenvalue weighted by atomic mass is 79.9. The molecule has 0 aromatic heterocycles. The third-order valence-electron chi connectivity index (χ3n) is 3.86. The predicted molar refractivity (Wildman–Crippen MR) is 133 cm³/mol. The van der Waals surface area contributed by atoms with Crippen LogP contribution in [0, 0.1) is 11.6 Å². The molecular formula is C24H19BBr2F2O4. The fourth-order valence-electron chi connectivity index (χ4n) is 2.30. The lowest BCUT2D eigenvalue weighted by Crippen LogP contribution is -2.29. The van der Waals surface area contributed by atoms with Gasteiger partial charge in [0.1, 0.15) is 28.9 Å². The number of hydrogen-bond donors (Lipinski definition) is 3. The minimum absolute atomic E-state index is 0.167. The fraction of sp³-hybridized carbons (Fsp3) is 0. The minimum atomic E-state index is -1.59. The molecule has 0 fully saturated rings. The van der Waals surface area contributed by atoms with Crippen molar-refractivity contribution in [3.63, 3.8) is 0 Å². The number of aromatic hydroxyl groups is 1. The summed E-state index contributed by atoms with van der Waals surface area (Å²) in [6.07, 6.45) is 0. The van der Waals surface area contributed by atoms with Crippen molar-refractivity contribution in [1.29, 1.82) is 0 Å². The van der Waals surface area contributed by atoms with Crippen LogP contribution in [0.4, 0.5) is 8.78 Å². The SMILES string of the molecule is Fc1cccc(Oc2ccccc2Br)c1.OB(O)c1cccc(F)c1.Oc1ccccc1Br. The molecule has 3 N–H and O–H groups in total. The molecule has 0 saturated heterocycles. The van der Waals surface area contributed by atoms with E-state index in [9.17, 15) is 8.78 Å². The van der Waals surface area contributed by atoms with Crippen LogP contribution in [-0.2, 0) is 0 Å². The lowest BCUT2D eigenvalue weighted by Gasteiger charge is -2.06. The molecule has 9 heteroatoms. The fourth-order valence-corrected chi connectivity index (χ4v) is 2.95. The molecule has 0 unspecified atom stereocenters. The Morgan fingerprint density at radius 1 is 0.667 bits per heavy atom. The van der Waals surface area contributed by atoms with Gasteiger partial charge in [-0.15, -0.1) is 0 Å². The number of para-hydroxylation sites is 2. The number of benzene rings is 4. The number of phenols is 1. The molecule has 0 heterocycles. The van der Waals surface area contributed by atoms with E-state index in [2.05, 4.69) is 31.9 Å². The molecule has 0 amide bonds. The Hall–Kier alpha value is -2.72. The molecule has 0 aliphatic rings. The third kappa shape index (κ3) is 9.75. The second kappa shape index (κ2) is 13.7. The van der Waals surface area contributed by atoms with Crippen molar-refractivity contribution < 1.29 is 28.7 Å². The summed E-state index contributed by atoms with van der Waals surface area (Å²) in [6, 6.07) is 25.7. The average Bonchev–Trinajstić information content (AvgIpc) is 2.78. The molecule has 170 valence electrons.